The molecular weight excluding hydrogens is 196 g/mol. The zero-order valence-corrected chi connectivity index (χ0v) is 10.6. The van der Waals surface area contributed by atoms with E-state index in [1.807, 2.05) is 7.05 Å². The Kier molecular flexibility index (Phi) is 3.62. The van der Waals surface area contributed by atoms with E-state index in [-0.39, 0.29) is 0 Å². The second-order valence-electron chi connectivity index (χ2n) is 4.75. The van der Waals surface area contributed by atoms with E-state index in [4.69, 9.17) is 0 Å². The normalized spacial score (nSPS) is 20.8. The summed E-state index contributed by atoms with van der Waals surface area (Å²) in [7, 11) is 2.00. The minimum Gasteiger partial charge on any atom is -0.316 e. The van der Waals surface area contributed by atoms with Crippen molar-refractivity contribution in [2.45, 2.75) is 39.4 Å². The third-order valence-corrected chi connectivity index (χ3v) is 3.57. The van der Waals surface area contributed by atoms with Crippen LogP contribution in [0.3, 0.4) is 0 Å². The molecule has 0 radical (unpaired) electrons. The largest absolute Gasteiger partial charge is 0.316 e. The summed E-state index contributed by atoms with van der Waals surface area (Å²) in [5.41, 5.74) is 4.46. The van der Waals surface area contributed by atoms with Crippen LogP contribution in [0.25, 0.3) is 0 Å². The third kappa shape index (κ3) is 2.28. The van der Waals surface area contributed by atoms with Gasteiger partial charge in [0.25, 0.3) is 0 Å². The van der Waals surface area contributed by atoms with Crippen LogP contribution in [-0.2, 0) is 19.5 Å². The highest BCUT2D eigenvalue weighted by Gasteiger charge is 2.21. The van der Waals surface area contributed by atoms with Gasteiger partial charge in [-0.15, -0.1) is 0 Å². The summed E-state index contributed by atoms with van der Waals surface area (Å²) in [4.78, 5) is 2.54. The predicted octanol–water partition coefficient (Wildman–Crippen LogP) is 2.17. The van der Waals surface area contributed by atoms with Crippen molar-refractivity contribution in [2.75, 3.05) is 13.6 Å². The lowest BCUT2D eigenvalue weighted by molar-refractivity contribution is 0.194. The molecule has 0 aromatic heterocycles. The van der Waals surface area contributed by atoms with E-state index in [0.29, 0.717) is 6.04 Å². The van der Waals surface area contributed by atoms with Crippen LogP contribution in [-0.4, -0.2) is 24.5 Å². The van der Waals surface area contributed by atoms with Gasteiger partial charge in [0, 0.05) is 19.1 Å². The number of benzene rings is 1. The molecule has 0 aliphatic carbocycles. The van der Waals surface area contributed by atoms with E-state index in [0.717, 1.165) is 19.6 Å². The number of likely N-dealkylation sites (N-methyl/N-ethyl adjacent to an activating group) is 1. The first-order valence-electron chi connectivity index (χ1n) is 6.24. The topological polar surface area (TPSA) is 15.3 Å². The van der Waals surface area contributed by atoms with E-state index in [1.54, 1.807) is 5.56 Å². The number of hydrogen-bond acceptors (Lipinski definition) is 2. The molecule has 2 heteroatoms. The second kappa shape index (κ2) is 4.98. The molecule has 2 rings (SSSR count). The van der Waals surface area contributed by atoms with E-state index in [9.17, 15) is 0 Å². The van der Waals surface area contributed by atoms with Crippen molar-refractivity contribution >= 4 is 0 Å². The fraction of sp³-hybridized carbons (Fsp3) is 0.571. The van der Waals surface area contributed by atoms with Gasteiger partial charge in [-0.25, -0.2) is 0 Å². The van der Waals surface area contributed by atoms with Gasteiger partial charge in [-0.1, -0.05) is 25.1 Å². The van der Waals surface area contributed by atoms with Crippen molar-refractivity contribution in [2.24, 2.45) is 0 Å². The van der Waals surface area contributed by atoms with Gasteiger partial charge < -0.3 is 5.32 Å². The maximum atomic E-state index is 3.21. The molecule has 1 N–H and O–H groups in total. The van der Waals surface area contributed by atoms with Crippen LogP contribution in [0.1, 0.15) is 30.5 Å². The van der Waals surface area contributed by atoms with E-state index in [1.165, 1.54) is 17.5 Å². The zero-order chi connectivity index (χ0) is 11.5. The molecule has 1 aromatic carbocycles. The Morgan fingerprint density at radius 3 is 2.88 bits per heavy atom. The van der Waals surface area contributed by atoms with Gasteiger partial charge in [0.15, 0.2) is 0 Å². The van der Waals surface area contributed by atoms with Gasteiger partial charge in [0.1, 0.15) is 0 Å². The van der Waals surface area contributed by atoms with Crippen LogP contribution in [0, 0.1) is 0 Å². The molecule has 0 amide bonds. The van der Waals surface area contributed by atoms with Crippen LogP contribution in [0.15, 0.2) is 18.2 Å². The number of nitrogens with zero attached hydrogens (tertiary/aromatic N) is 1. The molecule has 1 heterocycles. The van der Waals surface area contributed by atoms with E-state index in [2.05, 4.69) is 42.3 Å². The average molecular weight is 218 g/mol. The average Bonchev–Trinajstić information content (AvgIpc) is 2.28. The summed E-state index contributed by atoms with van der Waals surface area (Å²) in [6.45, 7) is 7.82. The molecular formula is C14H22N2. The maximum Gasteiger partial charge on any atom is 0.0239 e. The van der Waals surface area contributed by atoms with E-state index >= 15 is 0 Å². The minimum absolute atomic E-state index is 0.683. The van der Waals surface area contributed by atoms with Crippen molar-refractivity contribution < 1.29 is 0 Å². The molecule has 0 saturated heterocycles. The molecule has 1 aliphatic heterocycles. The van der Waals surface area contributed by atoms with Crippen LogP contribution >= 0.6 is 0 Å². The number of rotatable bonds is 3. The Morgan fingerprint density at radius 1 is 1.38 bits per heavy atom. The molecule has 0 fully saturated rings. The van der Waals surface area contributed by atoms with Crippen LogP contribution in [0.4, 0.5) is 0 Å². The summed E-state index contributed by atoms with van der Waals surface area (Å²) in [6, 6.07) is 7.60. The highest BCUT2D eigenvalue weighted by molar-refractivity contribution is 5.34. The molecule has 1 atom stereocenters. The van der Waals surface area contributed by atoms with Crippen LogP contribution < -0.4 is 5.32 Å². The summed E-state index contributed by atoms with van der Waals surface area (Å²) in [5, 5.41) is 3.21. The molecule has 1 unspecified atom stereocenters. The van der Waals surface area contributed by atoms with Crippen molar-refractivity contribution in [1.82, 2.24) is 10.2 Å². The number of hydrogen-bond donors (Lipinski definition) is 1. The second-order valence-corrected chi connectivity index (χ2v) is 4.75. The molecule has 1 aliphatic rings. The molecule has 0 spiro atoms. The lowest BCUT2D eigenvalue weighted by atomic mass is 9.93. The summed E-state index contributed by atoms with van der Waals surface area (Å²) in [6.07, 6.45) is 1.20. The van der Waals surface area contributed by atoms with E-state index < -0.39 is 0 Å². The lowest BCUT2D eigenvalue weighted by Gasteiger charge is -2.34. The summed E-state index contributed by atoms with van der Waals surface area (Å²) in [5.74, 6) is 0. The quantitative estimate of drug-likeness (QED) is 0.836. The monoisotopic (exact) mass is 218 g/mol. The first-order valence-corrected chi connectivity index (χ1v) is 6.24. The Bertz CT molecular complexity index is 360. The number of fused-ring (bicyclic) bond motifs is 1. The Hall–Kier alpha value is -0.860. The van der Waals surface area contributed by atoms with Crippen molar-refractivity contribution in [3.63, 3.8) is 0 Å². The van der Waals surface area contributed by atoms with Gasteiger partial charge in [-0.2, -0.15) is 0 Å². The zero-order valence-electron chi connectivity index (χ0n) is 10.6. The highest BCUT2D eigenvalue weighted by Crippen LogP contribution is 2.23. The molecule has 0 saturated carbocycles. The van der Waals surface area contributed by atoms with Crippen LogP contribution in [0.2, 0.25) is 0 Å². The molecule has 1 aromatic rings. The van der Waals surface area contributed by atoms with Gasteiger partial charge in [-0.3, -0.25) is 4.90 Å². The first kappa shape index (κ1) is 11.6. The van der Waals surface area contributed by atoms with Crippen molar-refractivity contribution in [1.29, 1.82) is 0 Å². The Labute approximate surface area is 98.7 Å². The van der Waals surface area contributed by atoms with Gasteiger partial charge in [-0.05, 0) is 43.6 Å². The summed E-state index contributed by atoms with van der Waals surface area (Å²) < 4.78 is 0. The molecule has 16 heavy (non-hydrogen) atoms. The summed E-state index contributed by atoms with van der Waals surface area (Å²) >= 11 is 0. The predicted molar refractivity (Wildman–Crippen MR) is 68.5 cm³/mol. The van der Waals surface area contributed by atoms with Gasteiger partial charge in [0.2, 0.25) is 0 Å². The fourth-order valence-electron chi connectivity index (χ4n) is 2.58. The van der Waals surface area contributed by atoms with Crippen molar-refractivity contribution in [3.8, 4) is 0 Å². The third-order valence-electron chi connectivity index (χ3n) is 3.57. The van der Waals surface area contributed by atoms with Crippen molar-refractivity contribution in [3.05, 3.63) is 34.9 Å². The smallest absolute Gasteiger partial charge is 0.0239 e. The van der Waals surface area contributed by atoms with Gasteiger partial charge >= 0.3 is 0 Å². The molecule has 2 nitrogen and oxygen atoms in total. The SMILES string of the molecule is CCN1Cc2ccc(CNC)cc2CC1C. The van der Waals surface area contributed by atoms with Crippen LogP contribution in [0.5, 0.6) is 0 Å². The number of nitrogens with one attached hydrogen (secondary N) is 1. The first-order chi connectivity index (χ1) is 7.74. The molecule has 88 valence electrons. The maximum absolute atomic E-state index is 3.21. The standard InChI is InChI=1S/C14H22N2/c1-4-16-10-13-6-5-12(9-15-3)8-14(13)7-11(16)2/h5-6,8,11,15H,4,7,9-10H2,1-3H3. The van der Waals surface area contributed by atoms with Gasteiger partial charge in [0.05, 0.1) is 0 Å². The lowest BCUT2D eigenvalue weighted by Crippen LogP contribution is -2.38. The minimum atomic E-state index is 0.683. The Balaban J connectivity index is 2.22. The molecule has 0 bridgehead atoms. The highest BCUT2D eigenvalue weighted by atomic mass is 15.1. The fourth-order valence-corrected chi connectivity index (χ4v) is 2.58. The Morgan fingerprint density at radius 2 is 2.19 bits per heavy atom.